The first-order chi connectivity index (χ1) is 44.2. The standard InChI is InChI=1S/C79H141NO10/c1-3-5-7-9-11-13-15-17-38-41-45-49-53-57-61-65-72(82)71(70-89-79-78(87)77(86)76(85)73(69-81)90-79)80-74(83)66-62-58-54-50-46-42-39-36-34-32-30-28-26-24-22-20-19-21-23-25-27-29-31-33-35-37-40-44-48-52-56-60-64-68-88-75(84)67-63-59-55-51-47-43-18-16-14-12-10-8-6-4-2/h10,12,15-18,23,25,29,31,45,49,61,65,71-73,76-79,81-82,85-87H,3-9,11,13-14,19-22,24,26-28,30,32-44,46-48,50-60,62-64,66-70H2,1-2H3,(H,80,83)/b12-10-,17-15+,18-16-,25-23-,31-29-,49-45+,65-61+. The number of aliphatic hydroxyl groups is 5. The monoisotopic (exact) mass is 1260 g/mol. The second-order valence-corrected chi connectivity index (χ2v) is 26.0. The highest BCUT2D eigenvalue weighted by molar-refractivity contribution is 5.76. The predicted molar refractivity (Wildman–Crippen MR) is 379 cm³/mol. The highest BCUT2D eigenvalue weighted by Crippen LogP contribution is 2.23. The summed E-state index contributed by atoms with van der Waals surface area (Å²) >= 11 is 0. The van der Waals surface area contributed by atoms with Crippen molar-refractivity contribution in [2.24, 2.45) is 0 Å². The zero-order valence-corrected chi connectivity index (χ0v) is 58.1. The number of nitrogens with one attached hydrogen (secondary N) is 1. The number of hydrogen-bond donors (Lipinski definition) is 6. The van der Waals surface area contributed by atoms with E-state index in [0.29, 0.717) is 19.4 Å². The van der Waals surface area contributed by atoms with Crippen LogP contribution in [0, 0.1) is 0 Å². The van der Waals surface area contributed by atoms with Crippen molar-refractivity contribution in [1.29, 1.82) is 0 Å². The number of hydrogen-bond acceptors (Lipinski definition) is 10. The van der Waals surface area contributed by atoms with Gasteiger partial charge in [0.05, 0.1) is 32.0 Å². The summed E-state index contributed by atoms with van der Waals surface area (Å²) in [6.45, 7) is 4.28. The Kier molecular flexibility index (Phi) is 63.4. The molecule has 1 aliphatic rings. The van der Waals surface area contributed by atoms with E-state index >= 15 is 0 Å². The average molecular weight is 1260 g/mol. The molecule has 0 aromatic rings. The van der Waals surface area contributed by atoms with Gasteiger partial charge in [0, 0.05) is 12.8 Å². The molecule has 11 heteroatoms. The smallest absolute Gasteiger partial charge is 0.305 e. The molecule has 0 aromatic carbocycles. The summed E-state index contributed by atoms with van der Waals surface area (Å²) in [6, 6.07) is -0.836. The molecule has 1 fully saturated rings. The number of unbranched alkanes of at least 4 members (excludes halogenated alkanes) is 40. The summed E-state index contributed by atoms with van der Waals surface area (Å²) in [5.74, 6) is -0.203. The van der Waals surface area contributed by atoms with Crippen molar-refractivity contribution in [3.8, 4) is 0 Å². The Balaban J connectivity index is 1.98. The van der Waals surface area contributed by atoms with Crippen LogP contribution in [0.2, 0.25) is 0 Å². The molecule has 0 saturated carbocycles. The number of aliphatic hydroxyl groups excluding tert-OH is 5. The number of carbonyl (C=O) groups excluding carboxylic acids is 2. The van der Waals surface area contributed by atoms with Gasteiger partial charge in [0.25, 0.3) is 0 Å². The van der Waals surface area contributed by atoms with E-state index in [1.165, 1.54) is 231 Å². The predicted octanol–water partition coefficient (Wildman–Crippen LogP) is 20.0. The molecule has 1 heterocycles. The van der Waals surface area contributed by atoms with Crippen LogP contribution in [0.5, 0.6) is 0 Å². The largest absolute Gasteiger partial charge is 0.466 e. The molecular formula is C79H141NO10. The highest BCUT2D eigenvalue weighted by atomic mass is 16.7. The summed E-state index contributed by atoms with van der Waals surface area (Å²) in [6.07, 6.45) is 83.0. The van der Waals surface area contributed by atoms with Gasteiger partial charge >= 0.3 is 5.97 Å². The Morgan fingerprint density at radius 2 is 0.767 bits per heavy atom. The molecule has 1 rings (SSSR count). The van der Waals surface area contributed by atoms with E-state index < -0.39 is 49.5 Å². The summed E-state index contributed by atoms with van der Waals surface area (Å²) in [4.78, 5) is 25.2. The van der Waals surface area contributed by atoms with Crippen molar-refractivity contribution in [1.82, 2.24) is 5.32 Å². The van der Waals surface area contributed by atoms with E-state index in [4.69, 9.17) is 14.2 Å². The fourth-order valence-corrected chi connectivity index (χ4v) is 11.5. The molecule has 90 heavy (non-hydrogen) atoms. The van der Waals surface area contributed by atoms with Crippen molar-refractivity contribution >= 4 is 11.9 Å². The Hall–Kier alpha value is -3.16. The van der Waals surface area contributed by atoms with E-state index in [9.17, 15) is 35.1 Å². The lowest BCUT2D eigenvalue weighted by molar-refractivity contribution is -0.302. The molecule has 1 amide bonds. The minimum Gasteiger partial charge on any atom is -0.466 e. The van der Waals surface area contributed by atoms with Crippen LogP contribution in [-0.2, 0) is 23.8 Å². The van der Waals surface area contributed by atoms with E-state index in [0.717, 1.165) is 83.5 Å². The SMILES string of the molecule is CCCC/C=C\C/C=C\CCCCCCCC(=O)OCCCCCCCCCCC/C=C\C/C=C\CCCCCCCCCCCCCCCCCCCC(=O)NC(COC1OC(CO)C(O)C(O)C1O)C(O)/C=C/CC/C=C/CC/C=C/CCCCCCC. The van der Waals surface area contributed by atoms with Gasteiger partial charge in [-0.2, -0.15) is 0 Å². The third-order valence-electron chi connectivity index (χ3n) is 17.4. The Bertz CT molecular complexity index is 1770. The molecule has 7 unspecified atom stereocenters. The van der Waals surface area contributed by atoms with E-state index in [1.54, 1.807) is 6.08 Å². The van der Waals surface area contributed by atoms with Gasteiger partial charge in [0.1, 0.15) is 24.4 Å². The fourth-order valence-electron chi connectivity index (χ4n) is 11.5. The van der Waals surface area contributed by atoms with Crippen LogP contribution >= 0.6 is 0 Å². The summed E-state index contributed by atoms with van der Waals surface area (Å²) < 4.78 is 16.7. The quantitative estimate of drug-likeness (QED) is 0.0195. The number of allylic oxidation sites excluding steroid dienone is 13. The maximum Gasteiger partial charge on any atom is 0.305 e. The molecule has 7 atom stereocenters. The number of carbonyl (C=O) groups is 2. The Labute approximate surface area is 553 Å². The molecule has 0 radical (unpaired) electrons. The number of rotatable bonds is 66. The lowest BCUT2D eigenvalue weighted by atomic mass is 9.99. The molecule has 0 aromatic heterocycles. The van der Waals surface area contributed by atoms with Gasteiger partial charge in [0.15, 0.2) is 6.29 Å². The highest BCUT2D eigenvalue weighted by Gasteiger charge is 2.44. The third-order valence-corrected chi connectivity index (χ3v) is 17.4. The second-order valence-electron chi connectivity index (χ2n) is 26.0. The van der Waals surface area contributed by atoms with Gasteiger partial charge < -0.3 is 45.1 Å². The number of ether oxygens (including phenoxy) is 3. The van der Waals surface area contributed by atoms with Gasteiger partial charge in [-0.15, -0.1) is 0 Å². The molecule has 1 aliphatic heterocycles. The molecular weight excluding hydrogens is 1120 g/mol. The van der Waals surface area contributed by atoms with Crippen LogP contribution in [0.25, 0.3) is 0 Å². The first-order valence-corrected chi connectivity index (χ1v) is 37.9. The zero-order valence-electron chi connectivity index (χ0n) is 58.1. The van der Waals surface area contributed by atoms with Gasteiger partial charge in [-0.3, -0.25) is 9.59 Å². The van der Waals surface area contributed by atoms with Crippen LogP contribution in [0.1, 0.15) is 341 Å². The van der Waals surface area contributed by atoms with Gasteiger partial charge in [-0.1, -0.05) is 298 Å². The van der Waals surface area contributed by atoms with Crippen molar-refractivity contribution in [2.45, 2.75) is 384 Å². The molecule has 6 N–H and O–H groups in total. The average Bonchev–Trinajstić information content (AvgIpc) is 1.54. The Morgan fingerprint density at radius 3 is 1.20 bits per heavy atom. The van der Waals surface area contributed by atoms with E-state index in [-0.39, 0.29) is 18.5 Å². The zero-order chi connectivity index (χ0) is 65.1. The van der Waals surface area contributed by atoms with Gasteiger partial charge in [-0.05, 0) is 116 Å². The number of esters is 1. The molecule has 1 saturated heterocycles. The van der Waals surface area contributed by atoms with E-state index in [1.807, 2.05) is 6.08 Å². The molecule has 522 valence electrons. The summed E-state index contributed by atoms with van der Waals surface area (Å²) in [5.41, 5.74) is 0. The topological polar surface area (TPSA) is 175 Å². The van der Waals surface area contributed by atoms with Crippen molar-refractivity contribution in [3.63, 3.8) is 0 Å². The normalized spacial score (nSPS) is 18.1. The number of amides is 1. The van der Waals surface area contributed by atoms with Gasteiger partial charge in [0.2, 0.25) is 5.91 Å². The lowest BCUT2D eigenvalue weighted by Crippen LogP contribution is -2.60. The van der Waals surface area contributed by atoms with Crippen LogP contribution in [0.15, 0.2) is 85.1 Å². The molecule has 0 aliphatic carbocycles. The third kappa shape index (κ3) is 55.3. The first-order valence-electron chi connectivity index (χ1n) is 37.9. The van der Waals surface area contributed by atoms with Crippen LogP contribution < -0.4 is 5.32 Å². The summed E-state index contributed by atoms with van der Waals surface area (Å²) in [5, 5.41) is 54.6. The van der Waals surface area contributed by atoms with E-state index in [2.05, 4.69) is 92.1 Å². The van der Waals surface area contributed by atoms with Crippen molar-refractivity contribution < 1.29 is 49.3 Å². The minimum atomic E-state index is -1.58. The van der Waals surface area contributed by atoms with Crippen LogP contribution in [0.3, 0.4) is 0 Å². The first kappa shape index (κ1) is 84.9. The molecule has 0 bridgehead atoms. The Morgan fingerprint density at radius 1 is 0.411 bits per heavy atom. The second kappa shape index (κ2) is 67.3. The van der Waals surface area contributed by atoms with Crippen molar-refractivity contribution in [3.05, 3.63) is 85.1 Å². The molecule has 11 nitrogen and oxygen atoms in total. The molecule has 0 spiro atoms. The fraction of sp³-hybridized carbons (Fsp3) is 0.797. The minimum absolute atomic E-state index is 0.00861. The van der Waals surface area contributed by atoms with Gasteiger partial charge in [-0.25, -0.2) is 0 Å². The maximum atomic E-state index is 13.1. The summed E-state index contributed by atoms with van der Waals surface area (Å²) in [7, 11) is 0. The van der Waals surface area contributed by atoms with Crippen LogP contribution in [0.4, 0.5) is 0 Å². The van der Waals surface area contributed by atoms with Crippen molar-refractivity contribution in [2.75, 3.05) is 19.8 Å². The van der Waals surface area contributed by atoms with Crippen LogP contribution in [-0.4, -0.2) is 100 Å². The lowest BCUT2D eigenvalue weighted by Gasteiger charge is -2.40. The maximum absolute atomic E-state index is 13.1.